The molecule has 2 heterocycles. The first-order chi connectivity index (χ1) is 13.1. The van der Waals surface area contributed by atoms with E-state index < -0.39 is 0 Å². The van der Waals surface area contributed by atoms with E-state index in [-0.39, 0.29) is 24.0 Å². The molecular weight excluding hydrogens is 340 g/mol. The zero-order chi connectivity index (χ0) is 18.9. The van der Waals surface area contributed by atoms with E-state index in [0.717, 1.165) is 29.7 Å². The summed E-state index contributed by atoms with van der Waals surface area (Å²) < 4.78 is 5.99. The molecule has 0 N–H and O–H groups in total. The molecule has 2 aliphatic rings. The third-order valence-corrected chi connectivity index (χ3v) is 5.54. The first-order valence-electron chi connectivity index (χ1n) is 9.42. The number of piperidine rings is 1. The van der Waals surface area contributed by atoms with Gasteiger partial charge in [-0.15, -0.1) is 0 Å². The molecule has 2 saturated heterocycles. The van der Waals surface area contributed by atoms with E-state index in [9.17, 15) is 9.59 Å². The van der Waals surface area contributed by atoms with Crippen LogP contribution in [0.1, 0.15) is 28.8 Å². The van der Waals surface area contributed by atoms with Gasteiger partial charge in [-0.2, -0.15) is 0 Å². The molecule has 0 bridgehead atoms. The molecule has 4 rings (SSSR count). The third kappa shape index (κ3) is 3.60. The number of amides is 2. The Morgan fingerprint density at radius 2 is 1.78 bits per heavy atom. The lowest BCUT2D eigenvalue weighted by atomic mass is 9.88. The second-order valence-electron chi connectivity index (χ2n) is 7.45. The molecular formula is C22H24N2O3. The largest absolute Gasteiger partial charge is 0.363 e. The number of nitrogens with zero attached hydrogens (tertiary/aromatic N) is 2. The smallest absolute Gasteiger partial charge is 0.253 e. The first-order valence-corrected chi connectivity index (χ1v) is 9.42. The second kappa shape index (κ2) is 7.16. The van der Waals surface area contributed by atoms with Gasteiger partial charge in [0, 0.05) is 24.3 Å². The molecule has 0 aliphatic carbocycles. The highest BCUT2D eigenvalue weighted by atomic mass is 16.5. The van der Waals surface area contributed by atoms with Gasteiger partial charge in [-0.05, 0) is 44.0 Å². The average Bonchev–Trinajstić information content (AvgIpc) is 2.71. The van der Waals surface area contributed by atoms with Gasteiger partial charge in [0.05, 0.1) is 12.1 Å². The van der Waals surface area contributed by atoms with Gasteiger partial charge in [0.25, 0.3) is 11.8 Å². The molecule has 2 aromatic carbocycles. The Hall–Kier alpha value is -2.66. The van der Waals surface area contributed by atoms with Crippen LogP contribution >= 0.6 is 0 Å². The summed E-state index contributed by atoms with van der Waals surface area (Å²) in [6.07, 6.45) is 1.47. The summed E-state index contributed by atoms with van der Waals surface area (Å²) in [6.45, 7) is 3.92. The Labute approximate surface area is 159 Å². The summed E-state index contributed by atoms with van der Waals surface area (Å²) in [5.74, 6) is 0.0606. The van der Waals surface area contributed by atoms with Crippen molar-refractivity contribution in [2.75, 3.05) is 31.1 Å². The van der Waals surface area contributed by atoms with Gasteiger partial charge >= 0.3 is 0 Å². The molecule has 0 saturated carbocycles. The Balaban J connectivity index is 1.45. The molecule has 2 aliphatic heterocycles. The lowest BCUT2D eigenvalue weighted by Gasteiger charge is -2.47. The Kier molecular flexibility index (Phi) is 4.70. The van der Waals surface area contributed by atoms with Crippen LogP contribution in [0.2, 0.25) is 0 Å². The van der Waals surface area contributed by atoms with Crippen LogP contribution in [-0.4, -0.2) is 48.6 Å². The molecule has 0 radical (unpaired) electrons. The number of rotatable bonds is 2. The van der Waals surface area contributed by atoms with Crippen molar-refractivity contribution in [2.45, 2.75) is 25.4 Å². The van der Waals surface area contributed by atoms with Crippen molar-refractivity contribution in [2.24, 2.45) is 0 Å². The number of anilines is 1. The van der Waals surface area contributed by atoms with E-state index >= 15 is 0 Å². The highest BCUT2D eigenvalue weighted by Gasteiger charge is 2.43. The van der Waals surface area contributed by atoms with E-state index in [1.165, 1.54) is 0 Å². The van der Waals surface area contributed by atoms with Crippen LogP contribution in [-0.2, 0) is 9.53 Å². The minimum atomic E-state index is -0.368. The highest BCUT2D eigenvalue weighted by molar-refractivity contribution is 5.95. The number of hydrogen-bond acceptors (Lipinski definition) is 3. The molecule has 140 valence electrons. The van der Waals surface area contributed by atoms with Crippen molar-refractivity contribution in [3.63, 3.8) is 0 Å². The van der Waals surface area contributed by atoms with Crippen molar-refractivity contribution >= 4 is 17.5 Å². The lowest BCUT2D eigenvalue weighted by molar-refractivity contribution is -0.143. The SMILES string of the molecule is Cc1cccc(C(=O)N2CCC3(CC2)CN(c2ccccc2)C(=O)CO3)c1. The molecule has 0 aromatic heterocycles. The molecule has 5 nitrogen and oxygen atoms in total. The molecule has 27 heavy (non-hydrogen) atoms. The number of carbonyl (C=O) groups excluding carboxylic acids is 2. The Bertz CT molecular complexity index is 842. The lowest BCUT2D eigenvalue weighted by Crippen LogP contribution is -2.59. The number of aryl methyl sites for hydroxylation is 1. The van der Waals surface area contributed by atoms with Gasteiger partial charge in [0.1, 0.15) is 6.61 Å². The number of para-hydroxylation sites is 1. The van der Waals surface area contributed by atoms with E-state index in [1.54, 1.807) is 0 Å². The fourth-order valence-electron chi connectivity index (χ4n) is 3.94. The Morgan fingerprint density at radius 1 is 1.04 bits per heavy atom. The van der Waals surface area contributed by atoms with Gasteiger partial charge in [-0.3, -0.25) is 9.59 Å². The molecule has 2 aromatic rings. The maximum absolute atomic E-state index is 12.8. The summed E-state index contributed by atoms with van der Waals surface area (Å²) >= 11 is 0. The van der Waals surface area contributed by atoms with Crippen LogP contribution < -0.4 is 4.90 Å². The molecule has 0 atom stereocenters. The van der Waals surface area contributed by atoms with Crippen LogP contribution in [0.3, 0.4) is 0 Å². The van der Waals surface area contributed by atoms with E-state index in [2.05, 4.69) is 0 Å². The summed E-state index contributed by atoms with van der Waals surface area (Å²) in [6, 6.07) is 17.4. The van der Waals surface area contributed by atoms with Crippen molar-refractivity contribution in [3.8, 4) is 0 Å². The number of carbonyl (C=O) groups is 2. The fraction of sp³-hybridized carbons (Fsp3) is 0.364. The van der Waals surface area contributed by atoms with Crippen molar-refractivity contribution < 1.29 is 14.3 Å². The maximum atomic E-state index is 12.8. The average molecular weight is 364 g/mol. The van der Waals surface area contributed by atoms with Crippen molar-refractivity contribution in [1.29, 1.82) is 0 Å². The standard InChI is InChI=1S/C22H24N2O3/c1-17-6-5-7-18(14-17)21(26)23-12-10-22(11-13-23)16-24(20(25)15-27-22)19-8-3-2-4-9-19/h2-9,14H,10-13,15-16H2,1H3. The van der Waals surface area contributed by atoms with Crippen LogP contribution in [0.5, 0.6) is 0 Å². The number of likely N-dealkylation sites (tertiary alicyclic amines) is 1. The normalized spacial score (nSPS) is 19.4. The van der Waals surface area contributed by atoms with Crippen LogP contribution in [0.25, 0.3) is 0 Å². The predicted octanol–water partition coefficient (Wildman–Crippen LogP) is 3.03. The number of morpholine rings is 1. The topological polar surface area (TPSA) is 49.9 Å². The van der Waals surface area contributed by atoms with Gasteiger partial charge in [-0.25, -0.2) is 0 Å². The third-order valence-electron chi connectivity index (χ3n) is 5.54. The van der Waals surface area contributed by atoms with E-state index in [4.69, 9.17) is 4.74 Å². The summed E-state index contributed by atoms with van der Waals surface area (Å²) in [7, 11) is 0. The summed E-state index contributed by atoms with van der Waals surface area (Å²) in [4.78, 5) is 28.8. The Morgan fingerprint density at radius 3 is 2.48 bits per heavy atom. The van der Waals surface area contributed by atoms with Gasteiger partial charge in [-0.1, -0.05) is 35.9 Å². The molecule has 2 fully saturated rings. The number of ether oxygens (including phenoxy) is 1. The summed E-state index contributed by atoms with van der Waals surface area (Å²) in [5.41, 5.74) is 2.36. The van der Waals surface area contributed by atoms with Crippen LogP contribution in [0.4, 0.5) is 5.69 Å². The van der Waals surface area contributed by atoms with E-state index in [1.807, 2.05) is 71.3 Å². The van der Waals surface area contributed by atoms with Crippen LogP contribution in [0.15, 0.2) is 54.6 Å². The second-order valence-corrected chi connectivity index (χ2v) is 7.45. The number of hydrogen-bond donors (Lipinski definition) is 0. The highest BCUT2D eigenvalue weighted by Crippen LogP contribution is 2.33. The zero-order valence-electron chi connectivity index (χ0n) is 15.6. The number of benzene rings is 2. The minimum Gasteiger partial charge on any atom is -0.363 e. The monoisotopic (exact) mass is 364 g/mol. The predicted molar refractivity (Wildman–Crippen MR) is 104 cm³/mol. The fourth-order valence-corrected chi connectivity index (χ4v) is 3.94. The van der Waals surface area contributed by atoms with Gasteiger partial charge in [0.15, 0.2) is 0 Å². The zero-order valence-corrected chi connectivity index (χ0v) is 15.6. The first kappa shape index (κ1) is 17.7. The maximum Gasteiger partial charge on any atom is 0.253 e. The molecule has 5 heteroatoms. The van der Waals surface area contributed by atoms with E-state index in [0.29, 0.717) is 19.6 Å². The van der Waals surface area contributed by atoms with Crippen molar-refractivity contribution in [3.05, 3.63) is 65.7 Å². The van der Waals surface area contributed by atoms with Gasteiger partial charge in [0.2, 0.25) is 0 Å². The van der Waals surface area contributed by atoms with Gasteiger partial charge < -0.3 is 14.5 Å². The van der Waals surface area contributed by atoms with Crippen molar-refractivity contribution in [1.82, 2.24) is 4.90 Å². The quantitative estimate of drug-likeness (QED) is 0.823. The molecule has 1 spiro atoms. The summed E-state index contributed by atoms with van der Waals surface area (Å²) in [5, 5.41) is 0. The molecule has 2 amide bonds. The minimum absolute atomic E-state index is 0.00917. The van der Waals surface area contributed by atoms with Crippen LogP contribution in [0, 0.1) is 6.92 Å². The molecule has 0 unspecified atom stereocenters.